The minimum atomic E-state index is -1.33. The Bertz CT molecular complexity index is 1550. The first-order valence-electron chi connectivity index (χ1n) is 15.2. The number of ether oxygens (including phenoxy) is 2. The molecule has 1 aliphatic carbocycles. The lowest BCUT2D eigenvalue weighted by Gasteiger charge is -2.52. The van der Waals surface area contributed by atoms with E-state index in [9.17, 15) is 4.79 Å². The molecule has 2 aromatic carbocycles. The fourth-order valence-electron chi connectivity index (χ4n) is 6.30. The number of carbonyl (C=O) groups excluding carboxylic acids is 2. The molecule has 1 aromatic heterocycles. The van der Waals surface area contributed by atoms with Crippen molar-refractivity contribution in [1.82, 2.24) is 24.8 Å². The number of amides is 2. The van der Waals surface area contributed by atoms with Crippen LogP contribution in [-0.4, -0.2) is 68.6 Å². The first-order valence-corrected chi connectivity index (χ1v) is 16.0. The van der Waals surface area contributed by atoms with Gasteiger partial charge in [0, 0.05) is 22.2 Å². The minimum Gasteiger partial charge on any atom is -0.497 e. The van der Waals surface area contributed by atoms with Gasteiger partial charge in [-0.05, 0) is 69.4 Å². The Morgan fingerprint density at radius 1 is 1.11 bits per heavy atom. The van der Waals surface area contributed by atoms with Crippen LogP contribution in [0.25, 0.3) is 11.3 Å². The smallest absolute Gasteiger partial charge is 0.410 e. The van der Waals surface area contributed by atoms with Crippen molar-refractivity contribution in [2.24, 2.45) is 11.8 Å². The molecule has 1 aliphatic heterocycles. The van der Waals surface area contributed by atoms with Crippen LogP contribution < -0.4 is 4.74 Å². The number of likely N-dealkylation sites (tertiary alicyclic amines) is 1. The first kappa shape index (κ1) is 33.0. The zero-order valence-electron chi connectivity index (χ0n) is 26.5. The Kier molecular flexibility index (Phi) is 9.38. The topological polar surface area (TPSA) is 89.8 Å². The van der Waals surface area contributed by atoms with E-state index in [4.69, 9.17) is 32.7 Å². The summed E-state index contributed by atoms with van der Waals surface area (Å²) >= 11 is 13.0. The molecule has 0 radical (unpaired) electrons. The highest BCUT2D eigenvalue weighted by atomic mass is 35.5. The molecule has 2 amide bonds. The number of hydrogen-bond acceptors (Lipinski definition) is 6. The van der Waals surface area contributed by atoms with Crippen molar-refractivity contribution in [2.45, 2.75) is 77.6 Å². The molecule has 3 aromatic rings. The number of halogens is 3. The standard InChI is InChI=1S/C33H40Cl2FN5O4/c1-20-9-7-12-29(21(20)2)40(16-24-25(34)10-8-11-27(24)36)30(42)33(18-39(19-33)31(43)45-32(3,4)5)41-17-28(37-38-41)23-15-22(44-6)13-14-26(23)35/h8,10-11,13-15,17,20-21,29H,7,9,12,16,18-19H2,1-6H3. The van der Waals surface area contributed by atoms with Crippen LogP contribution in [0.2, 0.25) is 10.0 Å². The molecule has 0 bridgehead atoms. The summed E-state index contributed by atoms with van der Waals surface area (Å²) in [6.07, 6.45) is 3.86. The quantitative estimate of drug-likeness (QED) is 0.266. The van der Waals surface area contributed by atoms with Gasteiger partial charge >= 0.3 is 6.09 Å². The number of rotatable bonds is 7. The fourth-order valence-corrected chi connectivity index (χ4v) is 6.73. The zero-order valence-corrected chi connectivity index (χ0v) is 28.0. The molecule has 3 atom stereocenters. The van der Waals surface area contributed by atoms with Crippen LogP contribution in [0.4, 0.5) is 9.18 Å². The third-order valence-corrected chi connectivity index (χ3v) is 9.73. The van der Waals surface area contributed by atoms with Crippen molar-refractivity contribution in [3.05, 3.63) is 64.0 Å². The van der Waals surface area contributed by atoms with Crippen molar-refractivity contribution < 1.29 is 23.5 Å². The second-order valence-corrected chi connectivity index (χ2v) is 14.0. The lowest BCUT2D eigenvalue weighted by molar-refractivity contribution is -0.157. The number of methoxy groups -OCH3 is 1. The summed E-state index contributed by atoms with van der Waals surface area (Å²) in [6, 6.07) is 9.53. The van der Waals surface area contributed by atoms with E-state index in [0.717, 1.165) is 19.3 Å². The van der Waals surface area contributed by atoms with Crippen LogP contribution in [0, 0.1) is 17.7 Å². The lowest BCUT2D eigenvalue weighted by Crippen LogP contribution is -2.72. The van der Waals surface area contributed by atoms with Crippen molar-refractivity contribution >= 4 is 35.2 Å². The van der Waals surface area contributed by atoms with Crippen molar-refractivity contribution in [1.29, 1.82) is 0 Å². The highest BCUT2D eigenvalue weighted by Crippen LogP contribution is 2.40. The highest BCUT2D eigenvalue weighted by Gasteiger charge is 2.57. The normalized spacial score (nSPS) is 21.2. The summed E-state index contributed by atoms with van der Waals surface area (Å²) in [4.78, 5) is 31.4. The summed E-state index contributed by atoms with van der Waals surface area (Å²) in [5.41, 5.74) is -0.780. The van der Waals surface area contributed by atoms with Crippen LogP contribution in [0.5, 0.6) is 5.75 Å². The van der Waals surface area contributed by atoms with E-state index in [2.05, 4.69) is 24.2 Å². The van der Waals surface area contributed by atoms with Crippen molar-refractivity contribution in [2.75, 3.05) is 20.2 Å². The molecule has 3 unspecified atom stereocenters. The molecule has 1 saturated heterocycles. The van der Waals surface area contributed by atoms with E-state index in [1.807, 2.05) is 0 Å². The van der Waals surface area contributed by atoms with E-state index in [-0.39, 0.29) is 48.1 Å². The van der Waals surface area contributed by atoms with Gasteiger partial charge < -0.3 is 19.3 Å². The van der Waals surface area contributed by atoms with Crippen LogP contribution >= 0.6 is 23.2 Å². The molecule has 12 heteroatoms. The number of hydrogen-bond donors (Lipinski definition) is 0. The van der Waals surface area contributed by atoms with Gasteiger partial charge in [0.05, 0.1) is 38.0 Å². The van der Waals surface area contributed by atoms with Gasteiger partial charge in [0.15, 0.2) is 5.54 Å². The third-order valence-electron chi connectivity index (χ3n) is 9.05. The van der Waals surface area contributed by atoms with Gasteiger partial charge in [-0.3, -0.25) is 4.79 Å². The van der Waals surface area contributed by atoms with E-state index < -0.39 is 23.1 Å². The summed E-state index contributed by atoms with van der Waals surface area (Å²) in [5.74, 6) is 0.322. The average Bonchev–Trinajstić information content (AvgIpc) is 3.43. The summed E-state index contributed by atoms with van der Waals surface area (Å²) in [6.45, 7) is 9.64. The second kappa shape index (κ2) is 12.8. The minimum absolute atomic E-state index is 0.00640. The molecule has 2 fully saturated rings. The molecule has 1 saturated carbocycles. The molecule has 45 heavy (non-hydrogen) atoms. The Balaban J connectivity index is 1.58. The Morgan fingerprint density at radius 2 is 1.84 bits per heavy atom. The van der Waals surface area contributed by atoms with Crippen LogP contribution in [0.1, 0.15) is 59.4 Å². The van der Waals surface area contributed by atoms with Gasteiger partial charge in [0.1, 0.15) is 22.9 Å². The molecular formula is C33H40Cl2FN5O4. The summed E-state index contributed by atoms with van der Waals surface area (Å²) in [7, 11) is 1.56. The largest absolute Gasteiger partial charge is 0.497 e. The fraction of sp³-hybridized carbons (Fsp3) is 0.515. The number of benzene rings is 2. The van der Waals surface area contributed by atoms with E-state index in [0.29, 0.717) is 27.9 Å². The molecule has 2 aliphatic rings. The second-order valence-electron chi connectivity index (χ2n) is 13.2. The molecule has 0 spiro atoms. The van der Waals surface area contributed by atoms with Gasteiger partial charge in [-0.15, -0.1) is 5.10 Å². The first-order chi connectivity index (χ1) is 21.2. The molecular weight excluding hydrogens is 620 g/mol. The number of aromatic nitrogens is 3. The van der Waals surface area contributed by atoms with Gasteiger partial charge in [-0.25, -0.2) is 13.9 Å². The monoisotopic (exact) mass is 659 g/mol. The highest BCUT2D eigenvalue weighted by molar-refractivity contribution is 6.33. The maximum Gasteiger partial charge on any atom is 0.410 e. The zero-order chi connectivity index (χ0) is 32.7. The van der Waals surface area contributed by atoms with Gasteiger partial charge in [-0.1, -0.05) is 61.2 Å². The lowest BCUT2D eigenvalue weighted by atomic mass is 9.76. The van der Waals surface area contributed by atoms with Gasteiger partial charge in [0.25, 0.3) is 5.91 Å². The van der Waals surface area contributed by atoms with Crippen LogP contribution in [-0.2, 0) is 21.6 Å². The van der Waals surface area contributed by atoms with Gasteiger partial charge in [0.2, 0.25) is 0 Å². The maximum absolute atomic E-state index is 15.2. The Labute approximate surface area is 273 Å². The molecule has 0 N–H and O–H groups in total. The predicted molar refractivity (Wildman–Crippen MR) is 171 cm³/mol. The molecule has 2 heterocycles. The SMILES string of the molecule is COc1ccc(Cl)c(-c2cn(C3(C(=O)N(Cc4c(F)cccc4Cl)C4CCCC(C)C4C)CN(C(=O)OC(C)(C)C)C3)nn2)c1. The summed E-state index contributed by atoms with van der Waals surface area (Å²) < 4.78 is 27.7. The third kappa shape index (κ3) is 6.63. The van der Waals surface area contributed by atoms with Crippen LogP contribution in [0.15, 0.2) is 42.6 Å². The number of nitrogens with zero attached hydrogens (tertiary/aromatic N) is 5. The molecule has 5 rings (SSSR count). The molecule has 242 valence electrons. The van der Waals surface area contributed by atoms with Crippen LogP contribution in [0.3, 0.4) is 0 Å². The maximum atomic E-state index is 15.2. The van der Waals surface area contributed by atoms with Crippen molar-refractivity contribution in [3.63, 3.8) is 0 Å². The summed E-state index contributed by atoms with van der Waals surface area (Å²) in [5, 5.41) is 9.48. The van der Waals surface area contributed by atoms with Crippen molar-refractivity contribution in [3.8, 4) is 17.0 Å². The van der Waals surface area contributed by atoms with E-state index >= 15 is 9.18 Å². The Morgan fingerprint density at radius 3 is 2.51 bits per heavy atom. The van der Waals surface area contributed by atoms with E-state index in [1.165, 1.54) is 15.6 Å². The van der Waals surface area contributed by atoms with Gasteiger partial charge in [-0.2, -0.15) is 0 Å². The molecule has 9 nitrogen and oxygen atoms in total. The average molecular weight is 661 g/mol. The Hall–Kier alpha value is -3.37. The van der Waals surface area contributed by atoms with E-state index in [1.54, 1.807) is 69.3 Å². The number of carbonyl (C=O) groups is 2. The predicted octanol–water partition coefficient (Wildman–Crippen LogP) is 7.20.